The molecule has 2 rings (SSSR count). The van der Waals surface area contributed by atoms with Gasteiger partial charge in [0.1, 0.15) is 16.5 Å². The Bertz CT molecular complexity index is 404. The Hall–Kier alpha value is -0.380. The highest BCUT2D eigenvalue weighted by Crippen LogP contribution is 2.39. The Morgan fingerprint density at radius 1 is 1.29 bits per heavy atom. The van der Waals surface area contributed by atoms with Crippen LogP contribution < -0.4 is 0 Å². The van der Waals surface area contributed by atoms with Gasteiger partial charge in [-0.2, -0.15) is 0 Å². The number of carbonyl (C=O) groups is 1. The third-order valence-electron chi connectivity index (χ3n) is 1.96. The molecule has 0 aromatic carbocycles. The number of aromatic nitrogens is 2. The number of rotatable bonds is 2. The van der Waals surface area contributed by atoms with Gasteiger partial charge >= 0.3 is 0 Å². The van der Waals surface area contributed by atoms with Crippen molar-refractivity contribution < 1.29 is 4.79 Å². The third kappa shape index (κ3) is 1.85. The summed E-state index contributed by atoms with van der Waals surface area (Å²) in [5.41, 5.74) is -0.00441. The molecule has 6 heteroatoms. The average molecular weight is 251 g/mol. The van der Waals surface area contributed by atoms with Gasteiger partial charge in [-0.15, -0.1) is 0 Å². The van der Waals surface area contributed by atoms with E-state index in [1.165, 1.54) is 0 Å². The maximum Gasteiger partial charge on any atom is 0.272 e. The van der Waals surface area contributed by atoms with Crippen molar-refractivity contribution in [3.8, 4) is 0 Å². The molecule has 3 nitrogen and oxygen atoms in total. The lowest BCUT2D eigenvalue weighted by Crippen LogP contribution is -2.03. The van der Waals surface area contributed by atoms with Crippen molar-refractivity contribution >= 4 is 40.0 Å². The molecule has 0 amide bonds. The molecular formula is C8H5Cl3N2O. The number of carbonyl (C=O) groups excluding carboxylic acids is 1. The van der Waals surface area contributed by atoms with Gasteiger partial charge in [0.15, 0.2) is 5.15 Å². The summed E-state index contributed by atoms with van der Waals surface area (Å²) in [5, 5.41) is -0.593. The van der Waals surface area contributed by atoms with E-state index < -0.39 is 5.24 Å². The molecule has 1 heterocycles. The first-order chi connectivity index (χ1) is 6.59. The summed E-state index contributed by atoms with van der Waals surface area (Å²) in [6.07, 6.45) is 2.04. The van der Waals surface area contributed by atoms with Crippen molar-refractivity contribution in [1.82, 2.24) is 9.97 Å². The third-order valence-corrected chi connectivity index (χ3v) is 2.86. The van der Waals surface area contributed by atoms with Crippen molar-refractivity contribution in [3.05, 3.63) is 21.7 Å². The highest BCUT2D eigenvalue weighted by molar-refractivity contribution is 6.68. The molecule has 0 bridgehead atoms. The van der Waals surface area contributed by atoms with E-state index in [0.717, 1.165) is 12.8 Å². The van der Waals surface area contributed by atoms with E-state index >= 15 is 0 Å². The fourth-order valence-corrected chi connectivity index (χ4v) is 1.62. The molecule has 74 valence electrons. The summed E-state index contributed by atoms with van der Waals surface area (Å²) in [4.78, 5) is 18.9. The van der Waals surface area contributed by atoms with Crippen LogP contribution in [0.1, 0.15) is 35.1 Å². The standard InChI is InChI=1S/C8H5Cl3N2O/c9-4-5(7(11)14)12-8(3-1-2-3)13-6(4)10/h3H,1-2H2. The fourth-order valence-electron chi connectivity index (χ4n) is 1.09. The van der Waals surface area contributed by atoms with Crippen LogP contribution in [-0.4, -0.2) is 15.2 Å². The zero-order valence-corrected chi connectivity index (χ0v) is 9.20. The number of nitrogens with zero attached hydrogens (tertiary/aromatic N) is 2. The minimum absolute atomic E-state index is 0.00441. The van der Waals surface area contributed by atoms with Gasteiger partial charge in [-0.05, 0) is 24.4 Å². The Morgan fingerprint density at radius 3 is 2.43 bits per heavy atom. The summed E-state index contributed by atoms with van der Waals surface area (Å²) in [7, 11) is 0. The Balaban J connectivity index is 2.51. The molecule has 0 aliphatic heterocycles. The molecule has 1 fully saturated rings. The molecule has 0 saturated heterocycles. The second-order valence-electron chi connectivity index (χ2n) is 3.08. The SMILES string of the molecule is O=C(Cl)c1nc(C2CC2)nc(Cl)c1Cl. The maximum absolute atomic E-state index is 10.9. The first kappa shape index (κ1) is 10.1. The Kier molecular flexibility index (Phi) is 2.64. The average Bonchev–Trinajstić information content (AvgIpc) is 2.91. The molecule has 0 radical (unpaired) electrons. The van der Waals surface area contributed by atoms with Crippen molar-refractivity contribution in [2.45, 2.75) is 18.8 Å². The van der Waals surface area contributed by atoms with Crippen LogP contribution in [0.2, 0.25) is 10.2 Å². The van der Waals surface area contributed by atoms with E-state index in [0.29, 0.717) is 11.7 Å². The molecule has 0 atom stereocenters. The van der Waals surface area contributed by atoms with Gasteiger partial charge in [-0.1, -0.05) is 23.2 Å². The van der Waals surface area contributed by atoms with Crippen LogP contribution in [0.5, 0.6) is 0 Å². The molecule has 0 spiro atoms. The molecule has 14 heavy (non-hydrogen) atoms. The van der Waals surface area contributed by atoms with Crippen molar-refractivity contribution in [3.63, 3.8) is 0 Å². The first-order valence-corrected chi connectivity index (χ1v) is 5.15. The predicted octanol–water partition coefficient (Wildman–Crippen LogP) is 3.04. The van der Waals surface area contributed by atoms with Gasteiger partial charge in [0.2, 0.25) is 0 Å². The van der Waals surface area contributed by atoms with Gasteiger partial charge in [0.05, 0.1) is 0 Å². The van der Waals surface area contributed by atoms with Crippen LogP contribution in [0.15, 0.2) is 0 Å². The molecule has 0 N–H and O–H groups in total. The van der Waals surface area contributed by atoms with Crippen LogP contribution in [0.4, 0.5) is 0 Å². The highest BCUT2D eigenvalue weighted by Gasteiger charge is 2.29. The van der Waals surface area contributed by atoms with Crippen LogP contribution in [0.25, 0.3) is 0 Å². The zero-order valence-electron chi connectivity index (χ0n) is 6.93. The molecule has 1 aromatic heterocycles. The van der Waals surface area contributed by atoms with Gasteiger partial charge in [0.25, 0.3) is 5.24 Å². The summed E-state index contributed by atoms with van der Waals surface area (Å²) >= 11 is 16.8. The Labute approximate surface area is 95.4 Å². The minimum atomic E-state index is -0.707. The van der Waals surface area contributed by atoms with Crippen LogP contribution in [0, 0.1) is 0 Å². The Morgan fingerprint density at radius 2 is 1.93 bits per heavy atom. The minimum Gasteiger partial charge on any atom is -0.274 e. The molecule has 0 unspecified atom stereocenters. The summed E-state index contributed by atoms with van der Waals surface area (Å²) in [5.74, 6) is 0.864. The van der Waals surface area contributed by atoms with Crippen molar-refractivity contribution in [2.24, 2.45) is 0 Å². The van der Waals surface area contributed by atoms with E-state index in [2.05, 4.69) is 9.97 Å². The second kappa shape index (κ2) is 3.65. The lowest BCUT2D eigenvalue weighted by Gasteiger charge is -2.03. The molecular weight excluding hydrogens is 246 g/mol. The summed E-state index contributed by atoms with van der Waals surface area (Å²) < 4.78 is 0. The van der Waals surface area contributed by atoms with Crippen molar-refractivity contribution in [2.75, 3.05) is 0 Å². The number of hydrogen-bond acceptors (Lipinski definition) is 3. The topological polar surface area (TPSA) is 42.9 Å². The van der Waals surface area contributed by atoms with Crippen LogP contribution in [0.3, 0.4) is 0 Å². The van der Waals surface area contributed by atoms with Crippen LogP contribution in [-0.2, 0) is 0 Å². The van der Waals surface area contributed by atoms with Gasteiger partial charge in [-0.3, -0.25) is 4.79 Å². The van der Waals surface area contributed by atoms with E-state index in [1.807, 2.05) is 0 Å². The van der Waals surface area contributed by atoms with E-state index in [-0.39, 0.29) is 15.9 Å². The van der Waals surface area contributed by atoms with Crippen LogP contribution >= 0.6 is 34.8 Å². The molecule has 1 aliphatic rings. The molecule has 1 aromatic rings. The smallest absolute Gasteiger partial charge is 0.272 e. The molecule has 1 aliphatic carbocycles. The number of halogens is 3. The summed E-state index contributed by atoms with van der Waals surface area (Å²) in [6.45, 7) is 0. The number of hydrogen-bond donors (Lipinski definition) is 0. The molecule has 1 saturated carbocycles. The van der Waals surface area contributed by atoms with E-state index in [1.54, 1.807) is 0 Å². The fraction of sp³-hybridized carbons (Fsp3) is 0.375. The van der Waals surface area contributed by atoms with Gasteiger partial charge < -0.3 is 0 Å². The first-order valence-electron chi connectivity index (χ1n) is 4.02. The summed E-state index contributed by atoms with van der Waals surface area (Å²) in [6, 6.07) is 0. The van der Waals surface area contributed by atoms with Gasteiger partial charge in [-0.25, -0.2) is 9.97 Å². The largest absolute Gasteiger partial charge is 0.274 e. The normalized spacial score (nSPS) is 15.6. The lowest BCUT2D eigenvalue weighted by atomic mass is 10.3. The van der Waals surface area contributed by atoms with E-state index in [9.17, 15) is 4.79 Å². The highest BCUT2D eigenvalue weighted by atomic mass is 35.5. The predicted molar refractivity (Wildman–Crippen MR) is 54.2 cm³/mol. The maximum atomic E-state index is 10.9. The van der Waals surface area contributed by atoms with E-state index in [4.69, 9.17) is 34.8 Å². The van der Waals surface area contributed by atoms with Gasteiger partial charge in [0, 0.05) is 5.92 Å². The lowest BCUT2D eigenvalue weighted by molar-refractivity contribution is 0.107. The quantitative estimate of drug-likeness (QED) is 0.599. The van der Waals surface area contributed by atoms with Crippen molar-refractivity contribution in [1.29, 1.82) is 0 Å². The monoisotopic (exact) mass is 250 g/mol. The second-order valence-corrected chi connectivity index (χ2v) is 4.16. The zero-order chi connectivity index (χ0) is 10.3.